The minimum atomic E-state index is 0.817. The van der Waals surface area contributed by atoms with Crippen molar-refractivity contribution in [3.63, 3.8) is 0 Å². The van der Waals surface area contributed by atoms with Gasteiger partial charge in [0.15, 0.2) is 5.76 Å². The van der Waals surface area contributed by atoms with E-state index >= 15 is 0 Å². The van der Waals surface area contributed by atoms with Crippen molar-refractivity contribution >= 4 is 11.8 Å². The fraction of sp³-hybridized carbons (Fsp3) is 0.125. The SMILES string of the molecule is C1=CN2c3cnoc3C=CN2C1. The van der Waals surface area contributed by atoms with Gasteiger partial charge in [-0.05, 0) is 6.08 Å². The van der Waals surface area contributed by atoms with E-state index in [4.69, 9.17) is 4.52 Å². The van der Waals surface area contributed by atoms with Crippen molar-refractivity contribution in [3.05, 3.63) is 30.4 Å². The Labute approximate surface area is 69.3 Å². The van der Waals surface area contributed by atoms with Gasteiger partial charge in [-0.3, -0.25) is 10.0 Å². The molecule has 0 bridgehead atoms. The van der Waals surface area contributed by atoms with Crippen LogP contribution in [0.15, 0.2) is 29.2 Å². The second-order valence-electron chi connectivity index (χ2n) is 2.74. The molecule has 0 unspecified atom stereocenters. The monoisotopic (exact) mass is 161 g/mol. The van der Waals surface area contributed by atoms with E-state index < -0.39 is 0 Å². The van der Waals surface area contributed by atoms with Crippen LogP contribution in [0.3, 0.4) is 0 Å². The van der Waals surface area contributed by atoms with Crippen LogP contribution in [-0.4, -0.2) is 16.7 Å². The van der Waals surface area contributed by atoms with E-state index in [9.17, 15) is 0 Å². The number of aromatic nitrogens is 1. The second-order valence-corrected chi connectivity index (χ2v) is 2.74. The molecule has 0 aliphatic carbocycles. The van der Waals surface area contributed by atoms with Gasteiger partial charge in [-0.15, -0.1) is 0 Å². The van der Waals surface area contributed by atoms with Crippen LogP contribution in [0.2, 0.25) is 0 Å². The van der Waals surface area contributed by atoms with Crippen LogP contribution >= 0.6 is 0 Å². The summed E-state index contributed by atoms with van der Waals surface area (Å²) < 4.78 is 5.03. The fourth-order valence-electron chi connectivity index (χ4n) is 1.46. The molecule has 2 aliphatic heterocycles. The summed E-state index contributed by atoms with van der Waals surface area (Å²) in [7, 11) is 0. The van der Waals surface area contributed by atoms with Crippen LogP contribution in [0.4, 0.5) is 5.69 Å². The van der Waals surface area contributed by atoms with Crippen molar-refractivity contribution < 1.29 is 4.52 Å². The molecule has 4 heteroatoms. The van der Waals surface area contributed by atoms with Gasteiger partial charge in [0.25, 0.3) is 0 Å². The maximum absolute atomic E-state index is 5.03. The maximum Gasteiger partial charge on any atom is 0.186 e. The van der Waals surface area contributed by atoms with Crippen molar-refractivity contribution in [2.75, 3.05) is 11.6 Å². The molecule has 0 aromatic carbocycles. The molecule has 60 valence electrons. The molecule has 3 heterocycles. The lowest BCUT2D eigenvalue weighted by Crippen LogP contribution is -2.32. The summed E-state index contributed by atoms with van der Waals surface area (Å²) in [5, 5.41) is 7.84. The van der Waals surface area contributed by atoms with Gasteiger partial charge in [-0.2, -0.15) is 0 Å². The average Bonchev–Trinajstić information content (AvgIpc) is 2.71. The quantitative estimate of drug-likeness (QED) is 0.572. The second kappa shape index (κ2) is 1.91. The predicted octanol–water partition coefficient (Wildman–Crippen LogP) is 1.21. The highest BCUT2D eigenvalue weighted by atomic mass is 16.5. The highest BCUT2D eigenvalue weighted by Crippen LogP contribution is 2.29. The zero-order valence-corrected chi connectivity index (χ0v) is 6.34. The lowest BCUT2D eigenvalue weighted by Gasteiger charge is -2.28. The van der Waals surface area contributed by atoms with E-state index in [2.05, 4.69) is 16.2 Å². The Morgan fingerprint density at radius 3 is 3.42 bits per heavy atom. The Morgan fingerprint density at radius 1 is 1.42 bits per heavy atom. The van der Waals surface area contributed by atoms with Crippen LogP contribution in [-0.2, 0) is 0 Å². The van der Waals surface area contributed by atoms with Crippen molar-refractivity contribution in [3.8, 4) is 0 Å². The van der Waals surface area contributed by atoms with Crippen LogP contribution in [0.1, 0.15) is 5.76 Å². The third kappa shape index (κ3) is 0.592. The van der Waals surface area contributed by atoms with Gasteiger partial charge in [0, 0.05) is 18.5 Å². The normalized spacial score (nSPS) is 18.3. The lowest BCUT2D eigenvalue weighted by molar-refractivity contribution is 0.399. The molecule has 1 aromatic rings. The van der Waals surface area contributed by atoms with E-state index in [1.54, 1.807) is 6.20 Å². The third-order valence-electron chi connectivity index (χ3n) is 2.04. The average molecular weight is 161 g/mol. The number of rotatable bonds is 0. The molecule has 1 aromatic heterocycles. The smallest absolute Gasteiger partial charge is 0.186 e. The standard InChI is InChI=1S/C8H7N3O/c1-3-10-5-2-8-7(6-9-12-8)11(10)4-1/h1-2,4-6H,3H2. The molecule has 0 saturated heterocycles. The van der Waals surface area contributed by atoms with Crippen molar-refractivity contribution in [1.29, 1.82) is 0 Å². The first-order valence-electron chi connectivity index (χ1n) is 3.80. The van der Waals surface area contributed by atoms with Crippen LogP contribution in [0, 0.1) is 0 Å². The molecule has 0 spiro atoms. The van der Waals surface area contributed by atoms with Gasteiger partial charge >= 0.3 is 0 Å². The topological polar surface area (TPSA) is 32.5 Å². The summed E-state index contributed by atoms with van der Waals surface area (Å²) >= 11 is 0. The minimum absolute atomic E-state index is 0.817. The summed E-state index contributed by atoms with van der Waals surface area (Å²) in [4.78, 5) is 0. The molecule has 0 fully saturated rings. The Kier molecular flexibility index (Phi) is 0.935. The molecule has 2 aliphatic rings. The zero-order valence-electron chi connectivity index (χ0n) is 6.34. The molecule has 12 heavy (non-hydrogen) atoms. The van der Waals surface area contributed by atoms with Gasteiger partial charge in [-0.1, -0.05) is 5.16 Å². The Hall–Kier alpha value is -1.71. The number of anilines is 1. The van der Waals surface area contributed by atoms with E-state index in [0.717, 1.165) is 18.0 Å². The van der Waals surface area contributed by atoms with Gasteiger partial charge in [-0.25, -0.2) is 0 Å². The van der Waals surface area contributed by atoms with Crippen LogP contribution in [0.5, 0.6) is 0 Å². The predicted molar refractivity (Wildman–Crippen MR) is 43.9 cm³/mol. The fourth-order valence-corrected chi connectivity index (χ4v) is 1.46. The molecule has 0 radical (unpaired) electrons. The van der Waals surface area contributed by atoms with Gasteiger partial charge in [0.05, 0.1) is 12.7 Å². The van der Waals surface area contributed by atoms with Crippen LogP contribution < -0.4 is 5.01 Å². The van der Waals surface area contributed by atoms with Gasteiger partial charge < -0.3 is 4.52 Å². The highest BCUT2D eigenvalue weighted by molar-refractivity contribution is 5.66. The first-order chi connectivity index (χ1) is 5.95. The number of nitrogens with zero attached hydrogens (tertiary/aromatic N) is 3. The highest BCUT2D eigenvalue weighted by Gasteiger charge is 2.23. The minimum Gasteiger partial charge on any atom is -0.355 e. The van der Waals surface area contributed by atoms with E-state index in [1.807, 2.05) is 23.5 Å². The van der Waals surface area contributed by atoms with E-state index in [-0.39, 0.29) is 0 Å². The Bertz CT molecular complexity index is 366. The summed E-state index contributed by atoms with van der Waals surface area (Å²) in [5.41, 5.74) is 1.01. The summed E-state index contributed by atoms with van der Waals surface area (Å²) in [6.07, 6.45) is 9.73. The molecule has 3 rings (SSSR count). The van der Waals surface area contributed by atoms with Gasteiger partial charge in [0.1, 0.15) is 5.69 Å². The van der Waals surface area contributed by atoms with E-state index in [0.29, 0.717) is 0 Å². The Morgan fingerprint density at radius 2 is 2.42 bits per heavy atom. The van der Waals surface area contributed by atoms with Gasteiger partial charge in [0.2, 0.25) is 0 Å². The first kappa shape index (κ1) is 5.88. The van der Waals surface area contributed by atoms with Crippen LogP contribution in [0.25, 0.3) is 6.08 Å². The van der Waals surface area contributed by atoms with Crippen molar-refractivity contribution in [2.24, 2.45) is 0 Å². The molecular weight excluding hydrogens is 154 g/mol. The molecule has 0 amide bonds. The summed E-state index contributed by atoms with van der Waals surface area (Å²) in [5.74, 6) is 0.817. The molecule has 0 atom stereocenters. The maximum atomic E-state index is 5.03. The number of hydrazine groups is 1. The zero-order chi connectivity index (χ0) is 7.97. The van der Waals surface area contributed by atoms with E-state index in [1.165, 1.54) is 0 Å². The summed E-state index contributed by atoms with van der Waals surface area (Å²) in [6, 6.07) is 0. The largest absolute Gasteiger partial charge is 0.355 e. The molecule has 0 saturated carbocycles. The lowest BCUT2D eigenvalue weighted by atomic mass is 10.3. The molecule has 0 N–H and O–H groups in total. The number of hydrogen-bond acceptors (Lipinski definition) is 4. The van der Waals surface area contributed by atoms with Crippen molar-refractivity contribution in [2.45, 2.75) is 0 Å². The number of fused-ring (bicyclic) bond motifs is 3. The van der Waals surface area contributed by atoms with Crippen molar-refractivity contribution in [1.82, 2.24) is 10.2 Å². The number of hydrogen-bond donors (Lipinski definition) is 0. The Balaban J connectivity index is 2.17. The molecule has 4 nitrogen and oxygen atoms in total. The molecular formula is C8H7N3O. The third-order valence-corrected chi connectivity index (χ3v) is 2.04. The first-order valence-corrected chi connectivity index (χ1v) is 3.80. The summed E-state index contributed by atoms with van der Waals surface area (Å²) in [6.45, 7) is 0.918.